The highest BCUT2D eigenvalue weighted by Crippen LogP contribution is 2.45. The van der Waals surface area contributed by atoms with Crippen LogP contribution in [0.15, 0.2) is 218 Å². The summed E-state index contributed by atoms with van der Waals surface area (Å²) in [7, 11) is 0. The maximum absolute atomic E-state index is 14.0. The van der Waals surface area contributed by atoms with Crippen molar-refractivity contribution in [2.75, 3.05) is 0 Å². The van der Waals surface area contributed by atoms with Gasteiger partial charge < -0.3 is 0 Å². The van der Waals surface area contributed by atoms with Gasteiger partial charge in [0.2, 0.25) is 0 Å². The number of fused-ring (bicyclic) bond motifs is 4. The lowest BCUT2D eigenvalue weighted by Gasteiger charge is -2.21. The molecular weight excluding hydrogens is 715 g/mol. The summed E-state index contributed by atoms with van der Waals surface area (Å²) in [5.74, 6) is 0. The highest BCUT2D eigenvalue weighted by atomic mass is 16.1. The second kappa shape index (κ2) is 14.9. The molecule has 2 nitrogen and oxygen atoms in total. The van der Waals surface area contributed by atoms with Crippen LogP contribution in [0.3, 0.4) is 0 Å². The summed E-state index contributed by atoms with van der Waals surface area (Å²) in [6.45, 7) is 8.76. The van der Waals surface area contributed by atoms with Crippen LogP contribution in [-0.4, -0.2) is 4.57 Å². The van der Waals surface area contributed by atoms with E-state index in [1.54, 1.807) is 0 Å². The summed E-state index contributed by atoms with van der Waals surface area (Å²) in [5.41, 5.74) is 15.1. The predicted molar refractivity (Wildman–Crippen MR) is 252 cm³/mol. The van der Waals surface area contributed by atoms with Gasteiger partial charge in [-0.15, -0.1) is 0 Å². The molecule has 0 aliphatic carbocycles. The van der Waals surface area contributed by atoms with Gasteiger partial charge in [0.25, 0.3) is 5.56 Å². The maximum atomic E-state index is 14.0. The molecule has 2 heteroatoms. The van der Waals surface area contributed by atoms with E-state index >= 15 is 0 Å². The third kappa shape index (κ3) is 6.19. The molecular formula is C57H39NO. The lowest BCUT2D eigenvalue weighted by atomic mass is 9.82. The third-order valence-corrected chi connectivity index (χ3v) is 11.6. The zero-order valence-corrected chi connectivity index (χ0v) is 32.5. The first kappa shape index (κ1) is 35.6. The average Bonchev–Trinajstić information content (AvgIpc) is 3.31. The van der Waals surface area contributed by atoms with E-state index in [0.717, 1.165) is 82.8 Å². The van der Waals surface area contributed by atoms with Crippen molar-refractivity contribution in [1.82, 2.24) is 4.57 Å². The average molecular weight is 754 g/mol. The molecule has 0 bridgehead atoms. The van der Waals surface area contributed by atoms with Crippen LogP contribution in [0, 0.1) is 0 Å². The Balaban J connectivity index is 1.22. The minimum Gasteiger partial charge on any atom is -0.276 e. The van der Waals surface area contributed by atoms with Crippen LogP contribution in [0.1, 0.15) is 11.1 Å². The zero-order valence-electron chi connectivity index (χ0n) is 32.5. The fourth-order valence-electron chi connectivity index (χ4n) is 8.77. The molecule has 10 aromatic rings. The van der Waals surface area contributed by atoms with Gasteiger partial charge >= 0.3 is 0 Å². The van der Waals surface area contributed by atoms with Crippen molar-refractivity contribution in [2.45, 2.75) is 0 Å². The molecule has 1 aromatic heterocycles. The van der Waals surface area contributed by atoms with Crippen LogP contribution in [0.5, 0.6) is 0 Å². The number of hydrogen-bond donors (Lipinski definition) is 0. The third-order valence-electron chi connectivity index (χ3n) is 11.6. The molecule has 10 rings (SSSR count). The van der Waals surface area contributed by atoms with Gasteiger partial charge in [-0.05, 0) is 119 Å². The first-order valence-electron chi connectivity index (χ1n) is 19.9. The zero-order chi connectivity index (χ0) is 39.9. The standard InChI is InChI=1S/C57H39NO/c1-3-47-48(4-2)56(43-30-26-41(27-31-43)39-18-10-6-11-19-39)53-37-44(32-34-50(53)55(47)42-28-24-40(25-29-42)38-16-8-5-9-17-38)45-33-35-54-52(36-45)49-22-14-15-23-51(49)57(59)58(54)46-20-12-7-13-21-46/h3-37H,1-2H2. The lowest BCUT2D eigenvalue weighted by Crippen LogP contribution is -2.19. The van der Waals surface area contributed by atoms with Crippen LogP contribution in [0.4, 0.5) is 0 Å². The van der Waals surface area contributed by atoms with Crippen LogP contribution < -0.4 is 5.56 Å². The maximum Gasteiger partial charge on any atom is 0.263 e. The Kier molecular flexibility index (Phi) is 9.01. The highest BCUT2D eigenvalue weighted by Gasteiger charge is 2.21. The monoisotopic (exact) mass is 753 g/mol. The predicted octanol–water partition coefficient (Wildman–Crippen LogP) is 14.9. The molecule has 0 aliphatic heterocycles. The van der Waals surface area contributed by atoms with E-state index in [0.29, 0.717) is 5.39 Å². The number of aromatic nitrogens is 1. The van der Waals surface area contributed by atoms with E-state index < -0.39 is 0 Å². The van der Waals surface area contributed by atoms with Gasteiger partial charge in [0, 0.05) is 16.5 Å². The molecule has 1 heterocycles. The Labute approximate surface area is 343 Å². The number of nitrogens with zero attached hydrogens (tertiary/aromatic N) is 1. The molecule has 0 saturated heterocycles. The van der Waals surface area contributed by atoms with E-state index in [9.17, 15) is 4.79 Å². The summed E-state index contributed by atoms with van der Waals surface area (Å²) < 4.78 is 1.83. The van der Waals surface area contributed by atoms with Gasteiger partial charge in [0.15, 0.2) is 0 Å². The minimum absolute atomic E-state index is 0.0278. The van der Waals surface area contributed by atoms with Crippen molar-refractivity contribution < 1.29 is 0 Å². The minimum atomic E-state index is -0.0278. The second-order valence-electron chi connectivity index (χ2n) is 14.9. The molecule has 0 unspecified atom stereocenters. The highest BCUT2D eigenvalue weighted by molar-refractivity contribution is 6.13. The normalized spacial score (nSPS) is 11.3. The fourth-order valence-corrected chi connectivity index (χ4v) is 8.77. The quantitative estimate of drug-likeness (QED) is 0.142. The summed E-state index contributed by atoms with van der Waals surface area (Å²) in [5, 5.41) is 4.90. The van der Waals surface area contributed by atoms with Crippen LogP contribution in [0.25, 0.3) is 106 Å². The Morgan fingerprint density at radius 3 is 1.29 bits per heavy atom. The number of pyridine rings is 1. The summed E-state index contributed by atoms with van der Waals surface area (Å²) >= 11 is 0. The molecule has 0 fully saturated rings. The molecule has 0 spiro atoms. The Bertz CT molecular complexity index is 3270. The number of rotatable bonds is 8. The van der Waals surface area contributed by atoms with Crippen molar-refractivity contribution in [2.24, 2.45) is 0 Å². The SMILES string of the molecule is C=Cc1c(C=C)c(-c2ccc(-c3ccccc3)cc2)c2cc(-c3ccc4c(c3)c3ccccc3c(=O)n4-c3ccccc3)ccc2c1-c1ccc(-c2ccccc2)cc1. The van der Waals surface area contributed by atoms with Crippen LogP contribution >= 0.6 is 0 Å². The van der Waals surface area contributed by atoms with Crippen molar-refractivity contribution in [3.05, 3.63) is 235 Å². The van der Waals surface area contributed by atoms with E-state index in [1.807, 2.05) is 77.4 Å². The van der Waals surface area contributed by atoms with Crippen molar-refractivity contribution >= 4 is 44.6 Å². The molecule has 9 aromatic carbocycles. The van der Waals surface area contributed by atoms with Gasteiger partial charge in [0.1, 0.15) is 0 Å². The fraction of sp³-hybridized carbons (Fsp3) is 0. The van der Waals surface area contributed by atoms with Crippen LogP contribution in [-0.2, 0) is 0 Å². The first-order chi connectivity index (χ1) is 29.1. The first-order valence-corrected chi connectivity index (χ1v) is 19.9. The molecule has 0 amide bonds. The Morgan fingerprint density at radius 1 is 0.339 bits per heavy atom. The molecule has 0 atom stereocenters. The van der Waals surface area contributed by atoms with Gasteiger partial charge in [-0.25, -0.2) is 0 Å². The van der Waals surface area contributed by atoms with Gasteiger partial charge in [0.05, 0.1) is 5.52 Å². The van der Waals surface area contributed by atoms with Crippen molar-refractivity contribution in [1.29, 1.82) is 0 Å². The van der Waals surface area contributed by atoms with Gasteiger partial charge in [-0.1, -0.05) is 189 Å². The molecule has 278 valence electrons. The van der Waals surface area contributed by atoms with Crippen LogP contribution in [0.2, 0.25) is 0 Å². The molecule has 59 heavy (non-hydrogen) atoms. The Hall–Kier alpha value is -7.81. The molecule has 0 saturated carbocycles. The summed E-state index contributed by atoms with van der Waals surface area (Å²) in [4.78, 5) is 14.0. The number of para-hydroxylation sites is 1. The number of benzene rings is 9. The smallest absolute Gasteiger partial charge is 0.263 e. The summed E-state index contributed by atoms with van der Waals surface area (Å²) in [6.07, 6.45) is 3.96. The lowest BCUT2D eigenvalue weighted by molar-refractivity contribution is 1.06. The largest absolute Gasteiger partial charge is 0.276 e. The van der Waals surface area contributed by atoms with E-state index in [4.69, 9.17) is 0 Å². The van der Waals surface area contributed by atoms with E-state index in [1.165, 1.54) is 16.7 Å². The second-order valence-corrected chi connectivity index (χ2v) is 14.9. The van der Waals surface area contributed by atoms with Gasteiger partial charge in [-0.2, -0.15) is 0 Å². The topological polar surface area (TPSA) is 22.0 Å². The van der Waals surface area contributed by atoms with E-state index in [2.05, 4.69) is 153 Å². The van der Waals surface area contributed by atoms with Crippen molar-refractivity contribution in [3.8, 4) is 61.3 Å². The Morgan fingerprint density at radius 2 is 0.746 bits per heavy atom. The summed E-state index contributed by atoms with van der Waals surface area (Å²) in [6, 6.07) is 69.8. The van der Waals surface area contributed by atoms with Crippen molar-refractivity contribution in [3.63, 3.8) is 0 Å². The molecule has 0 radical (unpaired) electrons. The number of hydrogen-bond acceptors (Lipinski definition) is 1. The van der Waals surface area contributed by atoms with E-state index in [-0.39, 0.29) is 5.56 Å². The molecule has 0 N–H and O–H groups in total. The van der Waals surface area contributed by atoms with Gasteiger partial charge in [-0.3, -0.25) is 9.36 Å². The molecule has 0 aliphatic rings.